The van der Waals surface area contributed by atoms with Gasteiger partial charge in [-0.25, -0.2) is 14.8 Å². The maximum atomic E-state index is 11.1. The lowest BCUT2D eigenvalue weighted by molar-refractivity contribution is -0.141. The van der Waals surface area contributed by atoms with Crippen LogP contribution in [0.5, 0.6) is 0 Å². The van der Waals surface area contributed by atoms with Crippen molar-refractivity contribution in [3.63, 3.8) is 0 Å². The second-order valence-electron chi connectivity index (χ2n) is 3.01. The summed E-state index contributed by atoms with van der Waals surface area (Å²) in [4.78, 5) is 19.3. The van der Waals surface area contributed by atoms with Crippen LogP contribution in [-0.2, 0) is 9.53 Å². The molecule has 0 aromatic carbocycles. The molecule has 5 nitrogen and oxygen atoms in total. The molecule has 1 aromatic rings. The number of esters is 1. The average molecular weight is 274 g/mol. The second-order valence-corrected chi connectivity index (χ2v) is 3.82. The molecule has 82 valence electrons. The number of methoxy groups -OCH3 is 1. The quantitative estimate of drug-likeness (QED) is 0.668. The van der Waals surface area contributed by atoms with Gasteiger partial charge in [-0.3, -0.25) is 0 Å². The fraction of sp³-hybridized carbons (Fsp3) is 0.444. The fourth-order valence-corrected chi connectivity index (χ4v) is 1.54. The van der Waals surface area contributed by atoms with Crippen molar-refractivity contribution in [2.45, 2.75) is 19.9 Å². The number of anilines is 1. The summed E-state index contributed by atoms with van der Waals surface area (Å²) in [6.07, 6.45) is 0. The molecule has 0 saturated carbocycles. The van der Waals surface area contributed by atoms with Crippen LogP contribution in [0.4, 0.5) is 5.82 Å². The first-order valence-corrected chi connectivity index (χ1v) is 5.17. The summed E-state index contributed by atoms with van der Waals surface area (Å²) in [7, 11) is 1.35. The molecular formula is C9H12BrN3O2. The van der Waals surface area contributed by atoms with E-state index in [9.17, 15) is 4.79 Å². The number of ether oxygens (including phenoxy) is 1. The zero-order chi connectivity index (χ0) is 11.4. The number of rotatable bonds is 3. The van der Waals surface area contributed by atoms with Crippen LogP contribution < -0.4 is 5.32 Å². The third-order valence-electron chi connectivity index (χ3n) is 1.73. The molecule has 0 aliphatic carbocycles. The first-order chi connectivity index (χ1) is 7.02. The lowest BCUT2D eigenvalue weighted by atomic mass is 10.3. The van der Waals surface area contributed by atoms with E-state index in [1.807, 2.05) is 0 Å². The van der Waals surface area contributed by atoms with Crippen molar-refractivity contribution in [3.8, 4) is 0 Å². The van der Waals surface area contributed by atoms with E-state index in [1.165, 1.54) is 7.11 Å². The lowest BCUT2D eigenvalue weighted by Gasteiger charge is -2.12. The molecule has 0 fully saturated rings. The maximum Gasteiger partial charge on any atom is 0.328 e. The van der Waals surface area contributed by atoms with Gasteiger partial charge in [-0.2, -0.15) is 0 Å². The van der Waals surface area contributed by atoms with Crippen LogP contribution in [0.2, 0.25) is 0 Å². The van der Waals surface area contributed by atoms with Gasteiger partial charge in [-0.1, -0.05) is 0 Å². The van der Waals surface area contributed by atoms with Gasteiger partial charge in [0.25, 0.3) is 0 Å². The van der Waals surface area contributed by atoms with Crippen LogP contribution in [0, 0.1) is 6.92 Å². The SMILES string of the molecule is COC(=O)C(C)Nc1cc(Br)nc(C)n1. The minimum atomic E-state index is -0.434. The van der Waals surface area contributed by atoms with Crippen LogP contribution in [0.1, 0.15) is 12.7 Å². The minimum absolute atomic E-state index is 0.331. The van der Waals surface area contributed by atoms with Gasteiger partial charge in [-0.15, -0.1) is 0 Å². The summed E-state index contributed by atoms with van der Waals surface area (Å²) >= 11 is 3.25. The number of halogens is 1. The summed E-state index contributed by atoms with van der Waals surface area (Å²) in [6, 6.07) is 1.27. The van der Waals surface area contributed by atoms with Gasteiger partial charge in [-0.05, 0) is 29.8 Å². The first kappa shape index (κ1) is 11.9. The molecule has 1 N–H and O–H groups in total. The fourth-order valence-electron chi connectivity index (χ4n) is 1.06. The standard InChI is InChI=1S/C9H12BrN3O2/c1-5(9(14)15-3)11-8-4-7(10)12-6(2)13-8/h4-5H,1-3H3,(H,11,12,13). The van der Waals surface area contributed by atoms with Gasteiger partial charge in [0.05, 0.1) is 7.11 Å². The van der Waals surface area contributed by atoms with E-state index < -0.39 is 6.04 Å². The molecule has 1 aromatic heterocycles. The number of nitrogens with one attached hydrogen (secondary N) is 1. The Bertz CT molecular complexity index is 350. The highest BCUT2D eigenvalue weighted by molar-refractivity contribution is 9.10. The Labute approximate surface area is 96.4 Å². The highest BCUT2D eigenvalue weighted by Crippen LogP contribution is 2.12. The number of carbonyl (C=O) groups excluding carboxylic acids is 1. The third kappa shape index (κ3) is 3.47. The Kier molecular flexibility index (Phi) is 4.02. The smallest absolute Gasteiger partial charge is 0.328 e. The Balaban J connectivity index is 2.76. The summed E-state index contributed by atoms with van der Waals surface area (Å²) in [5.74, 6) is 0.888. The molecule has 6 heteroatoms. The molecule has 0 bridgehead atoms. The van der Waals surface area contributed by atoms with Gasteiger partial charge >= 0.3 is 5.97 Å². The number of hydrogen-bond acceptors (Lipinski definition) is 5. The third-order valence-corrected chi connectivity index (χ3v) is 2.13. The lowest BCUT2D eigenvalue weighted by Crippen LogP contribution is -2.27. The predicted molar refractivity (Wildman–Crippen MR) is 59.6 cm³/mol. The van der Waals surface area contributed by atoms with Gasteiger partial charge in [0, 0.05) is 6.07 Å². The molecule has 1 rings (SSSR count). The summed E-state index contributed by atoms with van der Waals surface area (Å²) in [5.41, 5.74) is 0. The molecular weight excluding hydrogens is 262 g/mol. The van der Waals surface area contributed by atoms with Crippen molar-refractivity contribution in [3.05, 3.63) is 16.5 Å². The Morgan fingerprint density at radius 3 is 2.80 bits per heavy atom. The Morgan fingerprint density at radius 1 is 1.60 bits per heavy atom. The van der Waals surface area contributed by atoms with Crippen LogP contribution in [0.3, 0.4) is 0 Å². The van der Waals surface area contributed by atoms with Crippen LogP contribution in [-0.4, -0.2) is 29.1 Å². The largest absolute Gasteiger partial charge is 0.467 e. The van der Waals surface area contributed by atoms with Crippen molar-refractivity contribution in [1.82, 2.24) is 9.97 Å². The molecule has 0 spiro atoms. The van der Waals surface area contributed by atoms with Crippen molar-refractivity contribution >= 4 is 27.7 Å². The van der Waals surface area contributed by atoms with E-state index >= 15 is 0 Å². The maximum absolute atomic E-state index is 11.1. The van der Waals surface area contributed by atoms with E-state index in [1.54, 1.807) is 19.9 Å². The topological polar surface area (TPSA) is 64.1 Å². The minimum Gasteiger partial charge on any atom is -0.467 e. The molecule has 0 saturated heterocycles. The zero-order valence-corrected chi connectivity index (χ0v) is 10.3. The van der Waals surface area contributed by atoms with E-state index in [0.29, 0.717) is 16.2 Å². The second kappa shape index (κ2) is 5.06. The monoisotopic (exact) mass is 273 g/mol. The van der Waals surface area contributed by atoms with Crippen molar-refractivity contribution in [2.75, 3.05) is 12.4 Å². The normalized spacial score (nSPS) is 12.0. The zero-order valence-electron chi connectivity index (χ0n) is 8.74. The number of aryl methyl sites for hydroxylation is 1. The molecule has 0 aliphatic rings. The first-order valence-electron chi connectivity index (χ1n) is 4.38. The molecule has 1 atom stereocenters. The molecule has 0 aliphatic heterocycles. The van der Waals surface area contributed by atoms with E-state index in [2.05, 4.69) is 36.0 Å². The van der Waals surface area contributed by atoms with E-state index in [0.717, 1.165) is 0 Å². The molecule has 1 unspecified atom stereocenters. The molecule has 0 radical (unpaired) electrons. The van der Waals surface area contributed by atoms with Gasteiger partial charge in [0.15, 0.2) is 0 Å². The van der Waals surface area contributed by atoms with Crippen LogP contribution in [0.25, 0.3) is 0 Å². The summed E-state index contributed by atoms with van der Waals surface area (Å²) in [6.45, 7) is 3.48. The number of aromatic nitrogens is 2. The van der Waals surface area contributed by atoms with Gasteiger partial charge in [0.1, 0.15) is 22.3 Å². The molecule has 0 amide bonds. The van der Waals surface area contributed by atoms with Crippen molar-refractivity contribution in [2.24, 2.45) is 0 Å². The Morgan fingerprint density at radius 2 is 2.27 bits per heavy atom. The van der Waals surface area contributed by atoms with E-state index in [-0.39, 0.29) is 5.97 Å². The van der Waals surface area contributed by atoms with E-state index in [4.69, 9.17) is 0 Å². The number of carbonyl (C=O) groups is 1. The summed E-state index contributed by atoms with van der Waals surface area (Å²) in [5, 5.41) is 2.92. The number of hydrogen-bond donors (Lipinski definition) is 1. The van der Waals surface area contributed by atoms with Gasteiger partial charge < -0.3 is 10.1 Å². The number of nitrogens with zero attached hydrogens (tertiary/aromatic N) is 2. The highest BCUT2D eigenvalue weighted by atomic mass is 79.9. The average Bonchev–Trinajstić information content (AvgIpc) is 2.14. The molecule has 15 heavy (non-hydrogen) atoms. The van der Waals surface area contributed by atoms with Crippen LogP contribution >= 0.6 is 15.9 Å². The van der Waals surface area contributed by atoms with Crippen molar-refractivity contribution in [1.29, 1.82) is 0 Å². The van der Waals surface area contributed by atoms with Crippen LogP contribution in [0.15, 0.2) is 10.7 Å². The predicted octanol–water partition coefficient (Wildman–Crippen LogP) is 1.52. The Hall–Kier alpha value is -1.17. The molecule has 1 heterocycles. The highest BCUT2D eigenvalue weighted by Gasteiger charge is 2.13. The van der Waals surface area contributed by atoms with Gasteiger partial charge in [0.2, 0.25) is 0 Å². The summed E-state index contributed by atoms with van der Waals surface area (Å²) < 4.78 is 5.26. The van der Waals surface area contributed by atoms with Crippen molar-refractivity contribution < 1.29 is 9.53 Å².